The highest BCUT2D eigenvalue weighted by atomic mass is 35.5. The van der Waals surface area contributed by atoms with Crippen LogP contribution in [0.5, 0.6) is 0 Å². The van der Waals surface area contributed by atoms with E-state index in [0.717, 1.165) is 11.1 Å². The minimum absolute atomic E-state index is 0.140. The van der Waals surface area contributed by atoms with E-state index >= 15 is 0 Å². The first-order valence-electron chi connectivity index (χ1n) is 5.27. The van der Waals surface area contributed by atoms with Crippen LogP contribution in [-0.2, 0) is 11.8 Å². The zero-order chi connectivity index (χ0) is 13.3. The number of halogens is 1. The molecule has 0 saturated heterocycles. The number of ether oxygens (including phenoxy) is 1. The molecule has 0 amide bonds. The van der Waals surface area contributed by atoms with Crippen molar-refractivity contribution in [2.75, 3.05) is 7.11 Å². The second-order valence-corrected chi connectivity index (χ2v) is 4.24. The Kier molecular flexibility index (Phi) is 3.34. The number of carbonyl (C=O) groups excluding carboxylic acids is 1. The maximum atomic E-state index is 11.5. The smallest absolute Gasteiger partial charge is 0.341 e. The number of pyridine rings is 1. The van der Waals surface area contributed by atoms with E-state index in [4.69, 9.17) is 11.6 Å². The molecule has 0 aromatic carbocycles. The Balaban J connectivity index is 2.52. The molecular formula is C12H12ClN3O2. The topological polar surface area (TPSA) is 57.0 Å². The number of aromatic nitrogens is 3. The Morgan fingerprint density at radius 2 is 2.22 bits per heavy atom. The van der Waals surface area contributed by atoms with Crippen LogP contribution in [0, 0.1) is 6.92 Å². The minimum Gasteiger partial charge on any atom is -0.465 e. The molecule has 2 aromatic heterocycles. The van der Waals surface area contributed by atoms with E-state index in [1.807, 2.05) is 13.2 Å². The molecule has 2 rings (SSSR count). The molecule has 6 heteroatoms. The molecule has 0 aliphatic carbocycles. The highest BCUT2D eigenvalue weighted by Crippen LogP contribution is 2.25. The maximum Gasteiger partial charge on any atom is 0.341 e. The van der Waals surface area contributed by atoms with Crippen LogP contribution in [0.2, 0.25) is 5.15 Å². The lowest BCUT2D eigenvalue weighted by atomic mass is 10.1. The van der Waals surface area contributed by atoms with Gasteiger partial charge in [0.15, 0.2) is 0 Å². The Hall–Kier alpha value is -1.88. The molecule has 2 heterocycles. The quantitative estimate of drug-likeness (QED) is 0.617. The summed E-state index contributed by atoms with van der Waals surface area (Å²) in [6.07, 6.45) is 3.52. The fourth-order valence-electron chi connectivity index (χ4n) is 1.68. The summed E-state index contributed by atoms with van der Waals surface area (Å²) in [6, 6.07) is 1.79. The molecule has 5 nitrogen and oxygen atoms in total. The van der Waals surface area contributed by atoms with Crippen molar-refractivity contribution in [2.24, 2.45) is 7.05 Å². The summed E-state index contributed by atoms with van der Waals surface area (Å²) in [6.45, 7) is 1.79. The van der Waals surface area contributed by atoms with E-state index in [9.17, 15) is 4.79 Å². The fourth-order valence-corrected chi connectivity index (χ4v) is 2.00. The first-order chi connectivity index (χ1) is 8.52. The molecule has 0 spiro atoms. The van der Waals surface area contributed by atoms with Gasteiger partial charge in [0, 0.05) is 18.8 Å². The number of hydrogen-bond donors (Lipinski definition) is 0. The SMILES string of the molecule is COC(=O)c1c(C)cc(-c2cnn(C)c2)nc1Cl. The molecule has 0 atom stereocenters. The van der Waals surface area contributed by atoms with Crippen molar-refractivity contribution in [2.45, 2.75) is 6.92 Å². The van der Waals surface area contributed by atoms with E-state index in [0.29, 0.717) is 11.3 Å². The van der Waals surface area contributed by atoms with Crippen LogP contribution in [0.3, 0.4) is 0 Å². The van der Waals surface area contributed by atoms with Crippen molar-refractivity contribution in [3.05, 3.63) is 34.7 Å². The van der Waals surface area contributed by atoms with Gasteiger partial charge in [-0.1, -0.05) is 11.6 Å². The number of carbonyl (C=O) groups is 1. The molecule has 0 N–H and O–H groups in total. The summed E-state index contributed by atoms with van der Waals surface area (Å²) >= 11 is 6.03. The zero-order valence-electron chi connectivity index (χ0n) is 10.3. The van der Waals surface area contributed by atoms with Crippen LogP contribution in [0.1, 0.15) is 15.9 Å². The van der Waals surface area contributed by atoms with Crippen molar-refractivity contribution >= 4 is 17.6 Å². The standard InChI is InChI=1S/C12H12ClN3O2/c1-7-4-9(8-5-14-16(2)6-8)15-11(13)10(7)12(17)18-3/h4-6H,1-3H3. The molecule has 94 valence electrons. The second-order valence-electron chi connectivity index (χ2n) is 3.88. The van der Waals surface area contributed by atoms with Crippen molar-refractivity contribution in [1.29, 1.82) is 0 Å². The molecule has 0 unspecified atom stereocenters. The number of hydrogen-bond acceptors (Lipinski definition) is 4. The highest BCUT2D eigenvalue weighted by Gasteiger charge is 2.17. The summed E-state index contributed by atoms with van der Waals surface area (Å²) in [5.41, 5.74) is 2.55. The average molecular weight is 266 g/mol. The molecule has 2 aromatic rings. The third-order valence-corrected chi connectivity index (χ3v) is 2.84. The van der Waals surface area contributed by atoms with E-state index in [1.165, 1.54) is 7.11 Å². The largest absolute Gasteiger partial charge is 0.465 e. The first kappa shape index (κ1) is 12.6. The van der Waals surface area contributed by atoms with Crippen molar-refractivity contribution in [3.8, 4) is 11.3 Å². The van der Waals surface area contributed by atoms with Gasteiger partial charge in [-0.25, -0.2) is 9.78 Å². The lowest BCUT2D eigenvalue weighted by molar-refractivity contribution is 0.0599. The Morgan fingerprint density at radius 3 is 2.72 bits per heavy atom. The Labute approximate surface area is 109 Å². The summed E-state index contributed by atoms with van der Waals surface area (Å²) < 4.78 is 6.34. The van der Waals surface area contributed by atoms with Crippen LogP contribution < -0.4 is 0 Å². The van der Waals surface area contributed by atoms with Crippen molar-refractivity contribution in [1.82, 2.24) is 14.8 Å². The predicted molar refractivity (Wildman–Crippen MR) is 67.5 cm³/mol. The van der Waals surface area contributed by atoms with E-state index in [2.05, 4.69) is 14.8 Å². The van der Waals surface area contributed by atoms with Crippen molar-refractivity contribution < 1.29 is 9.53 Å². The van der Waals surface area contributed by atoms with Crippen molar-refractivity contribution in [3.63, 3.8) is 0 Å². The van der Waals surface area contributed by atoms with Gasteiger partial charge in [-0.3, -0.25) is 4.68 Å². The predicted octanol–water partition coefficient (Wildman–Crippen LogP) is 2.23. The number of nitrogens with zero attached hydrogens (tertiary/aromatic N) is 3. The fraction of sp³-hybridized carbons (Fsp3) is 0.250. The van der Waals surface area contributed by atoms with E-state index in [1.54, 1.807) is 23.9 Å². The normalized spacial score (nSPS) is 10.4. The third-order valence-electron chi connectivity index (χ3n) is 2.56. The van der Waals surface area contributed by atoms with Gasteiger partial charge in [-0.2, -0.15) is 5.10 Å². The van der Waals surface area contributed by atoms with Crippen LogP contribution in [0.4, 0.5) is 0 Å². The summed E-state index contributed by atoms with van der Waals surface area (Å²) in [5.74, 6) is -0.484. The summed E-state index contributed by atoms with van der Waals surface area (Å²) in [4.78, 5) is 15.7. The molecule has 0 aliphatic heterocycles. The van der Waals surface area contributed by atoms with E-state index < -0.39 is 5.97 Å². The average Bonchev–Trinajstić information content (AvgIpc) is 2.74. The number of rotatable bonds is 2. The molecule has 0 saturated carbocycles. The number of esters is 1. The lowest BCUT2D eigenvalue weighted by Crippen LogP contribution is -2.06. The molecule has 0 fully saturated rings. The maximum absolute atomic E-state index is 11.5. The van der Waals surface area contributed by atoms with Gasteiger partial charge in [-0.15, -0.1) is 0 Å². The number of methoxy groups -OCH3 is 1. The summed E-state index contributed by atoms with van der Waals surface area (Å²) in [7, 11) is 3.13. The Bertz CT molecular complexity index is 584. The number of aryl methyl sites for hydroxylation is 2. The molecule has 0 bridgehead atoms. The van der Waals surface area contributed by atoms with Gasteiger partial charge in [0.2, 0.25) is 0 Å². The van der Waals surface area contributed by atoms with Crippen LogP contribution in [0.25, 0.3) is 11.3 Å². The first-order valence-corrected chi connectivity index (χ1v) is 5.65. The van der Waals surface area contributed by atoms with Crippen LogP contribution in [0.15, 0.2) is 18.5 Å². The molecule has 0 radical (unpaired) electrons. The molecule has 18 heavy (non-hydrogen) atoms. The second kappa shape index (κ2) is 4.78. The monoisotopic (exact) mass is 265 g/mol. The van der Waals surface area contributed by atoms with Gasteiger partial charge < -0.3 is 4.74 Å². The molecule has 0 aliphatic rings. The van der Waals surface area contributed by atoms with Gasteiger partial charge in [0.1, 0.15) is 5.15 Å². The van der Waals surface area contributed by atoms with Gasteiger partial charge in [0.25, 0.3) is 0 Å². The van der Waals surface area contributed by atoms with Crippen LogP contribution >= 0.6 is 11.6 Å². The lowest BCUT2D eigenvalue weighted by Gasteiger charge is -2.07. The molecular weight excluding hydrogens is 254 g/mol. The zero-order valence-corrected chi connectivity index (χ0v) is 11.0. The Morgan fingerprint density at radius 1 is 1.50 bits per heavy atom. The van der Waals surface area contributed by atoms with Gasteiger partial charge in [-0.05, 0) is 18.6 Å². The van der Waals surface area contributed by atoms with Gasteiger partial charge >= 0.3 is 5.97 Å². The third kappa shape index (κ3) is 2.22. The highest BCUT2D eigenvalue weighted by molar-refractivity contribution is 6.32. The van der Waals surface area contributed by atoms with Crippen LogP contribution in [-0.4, -0.2) is 27.8 Å². The summed E-state index contributed by atoms with van der Waals surface area (Å²) in [5, 5.41) is 4.21. The minimum atomic E-state index is -0.484. The van der Waals surface area contributed by atoms with Gasteiger partial charge in [0.05, 0.1) is 24.6 Å². The van der Waals surface area contributed by atoms with E-state index in [-0.39, 0.29) is 5.15 Å².